The lowest BCUT2D eigenvalue weighted by molar-refractivity contribution is -0.274. The highest BCUT2D eigenvalue weighted by Gasteiger charge is 2.42. The first-order valence-corrected chi connectivity index (χ1v) is 11.8. The molecule has 11 heteroatoms. The molecule has 192 valence electrons. The zero-order chi connectivity index (χ0) is 26.0. The van der Waals surface area contributed by atoms with Crippen LogP contribution in [0.1, 0.15) is 38.2 Å². The number of fused-ring (bicyclic) bond motifs is 2. The first-order chi connectivity index (χ1) is 17.0. The molecule has 2 saturated heterocycles. The molecule has 3 atom stereocenters. The summed E-state index contributed by atoms with van der Waals surface area (Å²) in [6.07, 6.45) is 0.785. The Morgan fingerprint density at radius 3 is 2.33 bits per heavy atom. The maximum absolute atomic E-state index is 13.2. The van der Waals surface area contributed by atoms with Crippen molar-refractivity contribution < 1.29 is 31.9 Å². The zero-order valence-corrected chi connectivity index (χ0v) is 20.0. The largest absolute Gasteiger partial charge is 0.573 e. The standard InChI is InChI=1S/C25H24ClF4N3O3/c1-14(34)31-22-13-21(26)23(36-25(28,29)30)10-15(22)2-9-24(35)33-19-7-8-20(33)12-18(11-19)32-17-5-3-16(27)4-6-17/h2-6,9-10,13,18-20,32H,7-8,11-12H2,1H3,(H,31,34)/b9-2+/t18-,19-,20+. The van der Waals surface area contributed by atoms with E-state index in [0.29, 0.717) is 0 Å². The molecule has 2 aromatic rings. The van der Waals surface area contributed by atoms with Crippen LogP contribution in [0.15, 0.2) is 42.5 Å². The van der Waals surface area contributed by atoms with Crippen molar-refractivity contribution in [2.45, 2.75) is 57.1 Å². The number of rotatable bonds is 6. The van der Waals surface area contributed by atoms with Gasteiger partial charge in [-0.1, -0.05) is 11.6 Å². The number of carbonyl (C=O) groups excluding carboxylic acids is 2. The quantitative estimate of drug-likeness (QED) is 0.359. The van der Waals surface area contributed by atoms with Gasteiger partial charge in [-0.2, -0.15) is 0 Å². The van der Waals surface area contributed by atoms with Gasteiger partial charge in [0.15, 0.2) is 0 Å². The summed E-state index contributed by atoms with van der Waals surface area (Å²) >= 11 is 5.90. The Morgan fingerprint density at radius 1 is 1.11 bits per heavy atom. The van der Waals surface area contributed by atoms with Crippen LogP contribution in [0.25, 0.3) is 6.08 Å². The fraction of sp³-hybridized carbons (Fsp3) is 0.360. The van der Waals surface area contributed by atoms with E-state index in [9.17, 15) is 27.2 Å². The number of nitrogens with one attached hydrogen (secondary N) is 2. The third-order valence-corrected chi connectivity index (χ3v) is 6.54. The second-order valence-electron chi connectivity index (χ2n) is 8.88. The van der Waals surface area contributed by atoms with Gasteiger partial charge in [0, 0.05) is 48.1 Å². The molecule has 0 aliphatic carbocycles. The van der Waals surface area contributed by atoms with Crippen molar-refractivity contribution in [2.24, 2.45) is 0 Å². The fourth-order valence-electron chi connectivity index (χ4n) is 4.89. The molecule has 2 aliphatic heterocycles. The number of benzene rings is 2. The molecule has 2 fully saturated rings. The first-order valence-electron chi connectivity index (χ1n) is 11.4. The molecule has 0 radical (unpaired) electrons. The maximum atomic E-state index is 13.2. The normalized spacial score (nSPS) is 21.5. The molecular formula is C25H24ClF4N3O3. The smallest absolute Gasteiger partial charge is 0.404 e. The maximum Gasteiger partial charge on any atom is 0.573 e. The Balaban J connectivity index is 1.49. The van der Waals surface area contributed by atoms with Gasteiger partial charge in [0.05, 0.1) is 5.02 Å². The van der Waals surface area contributed by atoms with Crippen molar-refractivity contribution in [1.82, 2.24) is 4.90 Å². The minimum absolute atomic E-state index is 0.00278. The summed E-state index contributed by atoms with van der Waals surface area (Å²) in [5.74, 6) is -1.68. The van der Waals surface area contributed by atoms with Crippen LogP contribution in [0.3, 0.4) is 0 Å². The van der Waals surface area contributed by atoms with Crippen LogP contribution in [0, 0.1) is 5.82 Å². The number of anilines is 2. The molecule has 0 unspecified atom stereocenters. The summed E-state index contributed by atoms with van der Waals surface area (Å²) in [6.45, 7) is 1.24. The lowest BCUT2D eigenvalue weighted by atomic mass is 9.96. The number of hydrogen-bond acceptors (Lipinski definition) is 4. The van der Waals surface area contributed by atoms with E-state index in [2.05, 4.69) is 15.4 Å². The van der Waals surface area contributed by atoms with Gasteiger partial charge in [-0.05, 0) is 68.2 Å². The van der Waals surface area contributed by atoms with Crippen LogP contribution in [0.2, 0.25) is 5.02 Å². The topological polar surface area (TPSA) is 70.7 Å². The van der Waals surface area contributed by atoms with E-state index in [0.717, 1.165) is 43.5 Å². The van der Waals surface area contributed by atoms with Crippen LogP contribution in [0.4, 0.5) is 28.9 Å². The highest BCUT2D eigenvalue weighted by atomic mass is 35.5. The third kappa shape index (κ3) is 6.29. The molecule has 36 heavy (non-hydrogen) atoms. The number of nitrogens with zero attached hydrogens (tertiary/aromatic N) is 1. The van der Waals surface area contributed by atoms with Crippen LogP contribution in [0.5, 0.6) is 5.75 Å². The van der Waals surface area contributed by atoms with Crippen molar-refractivity contribution in [1.29, 1.82) is 0 Å². The summed E-state index contributed by atoms with van der Waals surface area (Å²) in [6, 6.07) is 8.43. The summed E-state index contributed by atoms with van der Waals surface area (Å²) in [5.41, 5.74) is 1.10. The third-order valence-electron chi connectivity index (χ3n) is 6.25. The van der Waals surface area contributed by atoms with E-state index in [4.69, 9.17) is 11.6 Å². The Hall–Kier alpha value is -3.27. The van der Waals surface area contributed by atoms with Crippen LogP contribution < -0.4 is 15.4 Å². The summed E-state index contributed by atoms with van der Waals surface area (Å²) < 4.78 is 55.4. The molecule has 2 N–H and O–H groups in total. The number of ether oxygens (including phenoxy) is 1. The van der Waals surface area contributed by atoms with Gasteiger partial charge < -0.3 is 20.3 Å². The molecule has 2 aromatic carbocycles. The number of carbonyl (C=O) groups is 2. The Kier molecular flexibility index (Phi) is 7.44. The monoisotopic (exact) mass is 525 g/mol. The van der Waals surface area contributed by atoms with E-state index in [1.54, 1.807) is 17.0 Å². The molecule has 2 heterocycles. The predicted octanol–water partition coefficient (Wildman–Crippen LogP) is 5.98. The summed E-state index contributed by atoms with van der Waals surface area (Å²) in [5, 5.41) is 5.56. The summed E-state index contributed by atoms with van der Waals surface area (Å²) in [4.78, 5) is 26.5. The van der Waals surface area contributed by atoms with Gasteiger partial charge in [0.1, 0.15) is 11.6 Å². The first kappa shape index (κ1) is 25.8. The number of hydrogen-bond donors (Lipinski definition) is 2. The van der Waals surface area contributed by atoms with Crippen LogP contribution in [-0.4, -0.2) is 41.2 Å². The van der Waals surface area contributed by atoms with Crippen molar-refractivity contribution in [3.63, 3.8) is 0 Å². The minimum Gasteiger partial charge on any atom is -0.404 e. The average molecular weight is 526 g/mol. The second kappa shape index (κ2) is 10.4. The Labute approximate surface area is 210 Å². The molecule has 0 saturated carbocycles. The molecule has 4 rings (SSSR count). The molecular weight excluding hydrogens is 502 g/mol. The van der Waals surface area contributed by atoms with Crippen molar-refractivity contribution in [3.05, 3.63) is 58.9 Å². The molecule has 2 bridgehead atoms. The Bertz CT molecular complexity index is 1160. The second-order valence-corrected chi connectivity index (χ2v) is 9.29. The van der Waals surface area contributed by atoms with E-state index in [-0.39, 0.29) is 46.1 Å². The van der Waals surface area contributed by atoms with Crippen molar-refractivity contribution in [2.75, 3.05) is 10.6 Å². The van der Waals surface area contributed by atoms with Gasteiger partial charge in [-0.3, -0.25) is 9.59 Å². The van der Waals surface area contributed by atoms with Gasteiger partial charge >= 0.3 is 6.36 Å². The fourth-order valence-corrected chi connectivity index (χ4v) is 5.09. The Morgan fingerprint density at radius 2 is 1.75 bits per heavy atom. The van der Waals surface area contributed by atoms with Crippen LogP contribution in [-0.2, 0) is 9.59 Å². The zero-order valence-electron chi connectivity index (χ0n) is 19.2. The van der Waals surface area contributed by atoms with E-state index in [1.165, 1.54) is 31.2 Å². The molecule has 6 nitrogen and oxygen atoms in total. The number of piperidine rings is 1. The molecule has 0 aromatic heterocycles. The predicted molar refractivity (Wildman–Crippen MR) is 128 cm³/mol. The van der Waals surface area contributed by atoms with E-state index >= 15 is 0 Å². The van der Waals surface area contributed by atoms with Gasteiger partial charge in [0.2, 0.25) is 11.8 Å². The van der Waals surface area contributed by atoms with Gasteiger partial charge in [-0.25, -0.2) is 4.39 Å². The van der Waals surface area contributed by atoms with Crippen molar-refractivity contribution in [3.8, 4) is 5.75 Å². The van der Waals surface area contributed by atoms with E-state index in [1.807, 2.05) is 0 Å². The molecule has 0 spiro atoms. The van der Waals surface area contributed by atoms with Crippen molar-refractivity contribution >= 4 is 40.9 Å². The SMILES string of the molecule is CC(=O)Nc1cc(Cl)c(OC(F)(F)F)cc1/C=C/C(=O)N1[C@@H]2CC[C@H]1C[C@H](Nc1ccc(F)cc1)C2. The number of halogens is 5. The van der Waals surface area contributed by atoms with Gasteiger partial charge in [-0.15, -0.1) is 13.2 Å². The molecule has 2 amide bonds. The number of alkyl halides is 3. The minimum atomic E-state index is -4.96. The van der Waals surface area contributed by atoms with Gasteiger partial charge in [0.25, 0.3) is 0 Å². The highest BCUT2D eigenvalue weighted by Crippen LogP contribution is 2.38. The highest BCUT2D eigenvalue weighted by molar-refractivity contribution is 6.32. The number of amides is 2. The average Bonchev–Trinajstić information content (AvgIpc) is 3.05. The summed E-state index contributed by atoms with van der Waals surface area (Å²) in [7, 11) is 0. The lowest BCUT2D eigenvalue weighted by Crippen LogP contribution is -2.49. The van der Waals surface area contributed by atoms with E-state index < -0.39 is 18.0 Å². The van der Waals surface area contributed by atoms with Crippen LogP contribution >= 0.6 is 11.6 Å². The lowest BCUT2D eigenvalue weighted by Gasteiger charge is -2.39. The molecule has 2 aliphatic rings.